The van der Waals surface area contributed by atoms with Crippen LogP contribution >= 0.6 is 0 Å². The first-order valence-corrected chi connectivity index (χ1v) is 17.0. The predicted molar refractivity (Wildman–Crippen MR) is 167 cm³/mol. The van der Waals surface area contributed by atoms with Gasteiger partial charge in [-0.25, -0.2) is 4.99 Å². The van der Waals surface area contributed by atoms with Crippen LogP contribution in [0.2, 0.25) is 0 Å². The molecule has 6 aliphatic heterocycles. The molecule has 2 N–H and O–H groups in total. The highest BCUT2D eigenvalue weighted by atomic mass is 16.5. The van der Waals surface area contributed by atoms with Crippen molar-refractivity contribution >= 4 is 18.1 Å². The van der Waals surface area contributed by atoms with E-state index in [0.717, 1.165) is 19.6 Å². The molecule has 2 aromatic carbocycles. The molecule has 5 fully saturated rings. The molecular formula is C35H42BN5O. The summed E-state index contributed by atoms with van der Waals surface area (Å²) in [4.78, 5) is 11.4. The van der Waals surface area contributed by atoms with Crippen molar-refractivity contribution in [3.8, 4) is 11.1 Å². The molecule has 0 amide bonds. The van der Waals surface area contributed by atoms with Crippen LogP contribution in [0.25, 0.3) is 11.1 Å². The lowest BCUT2D eigenvalue weighted by Crippen LogP contribution is -2.81. The zero-order valence-electron chi connectivity index (χ0n) is 24.5. The summed E-state index contributed by atoms with van der Waals surface area (Å²) < 4.78 is 7.24. The number of hydrogen-bond acceptors (Lipinski definition) is 6. The number of guanidine groups is 1. The summed E-state index contributed by atoms with van der Waals surface area (Å²) in [7, 11) is 0. The van der Waals surface area contributed by atoms with Gasteiger partial charge in [-0.05, 0) is 62.2 Å². The molecule has 216 valence electrons. The number of nitrogens with one attached hydrogen (secondary N) is 2. The number of ether oxygens (including phenoxy) is 1. The van der Waals surface area contributed by atoms with E-state index < -0.39 is 0 Å². The fourth-order valence-corrected chi connectivity index (χ4v) is 10.8. The second-order valence-electron chi connectivity index (χ2n) is 14.3. The van der Waals surface area contributed by atoms with Crippen molar-refractivity contribution in [3.05, 3.63) is 66.0 Å². The Kier molecular flexibility index (Phi) is 5.50. The maximum absolute atomic E-state index is 7.24. The molecule has 0 aromatic heterocycles. The van der Waals surface area contributed by atoms with Gasteiger partial charge in [-0.3, -0.25) is 0 Å². The first kappa shape index (κ1) is 24.7. The van der Waals surface area contributed by atoms with Crippen LogP contribution in [0.3, 0.4) is 0 Å². The van der Waals surface area contributed by atoms with E-state index >= 15 is 0 Å². The van der Waals surface area contributed by atoms with Crippen LogP contribution in [0.4, 0.5) is 0 Å². The third-order valence-corrected chi connectivity index (χ3v) is 12.4. The van der Waals surface area contributed by atoms with E-state index in [9.17, 15) is 0 Å². The molecule has 3 saturated heterocycles. The van der Waals surface area contributed by atoms with Crippen LogP contribution in [0.1, 0.15) is 51.4 Å². The van der Waals surface area contributed by atoms with E-state index in [0.29, 0.717) is 54.0 Å². The van der Waals surface area contributed by atoms with E-state index in [-0.39, 0.29) is 6.71 Å². The van der Waals surface area contributed by atoms with E-state index in [1.54, 1.807) is 0 Å². The summed E-state index contributed by atoms with van der Waals surface area (Å²) in [5.41, 5.74) is 6.89. The van der Waals surface area contributed by atoms with Gasteiger partial charge >= 0.3 is 0 Å². The molecule has 9 atom stereocenters. The molecule has 2 aliphatic carbocycles. The van der Waals surface area contributed by atoms with E-state index in [1.807, 2.05) is 0 Å². The van der Waals surface area contributed by atoms with Gasteiger partial charge in [-0.1, -0.05) is 79.3 Å². The Hall–Kier alpha value is -2.77. The third kappa shape index (κ3) is 3.33. The summed E-state index contributed by atoms with van der Waals surface area (Å²) in [6.07, 6.45) is 10.6. The number of fused-ring (bicyclic) bond motifs is 8. The number of hydrogen-bond donors (Lipinski definition) is 2. The topological polar surface area (TPSA) is 52.1 Å². The molecule has 6 heterocycles. The van der Waals surface area contributed by atoms with Gasteiger partial charge < -0.3 is 25.2 Å². The molecule has 0 bridgehead atoms. The molecule has 0 radical (unpaired) electrons. The molecule has 0 spiro atoms. The lowest BCUT2D eigenvalue weighted by molar-refractivity contribution is -0.0174. The highest BCUT2D eigenvalue weighted by Gasteiger charge is 2.65. The van der Waals surface area contributed by atoms with Crippen molar-refractivity contribution < 1.29 is 4.74 Å². The van der Waals surface area contributed by atoms with Gasteiger partial charge in [-0.2, -0.15) is 0 Å². The Balaban J connectivity index is 1.20. The zero-order valence-corrected chi connectivity index (χ0v) is 24.5. The highest BCUT2D eigenvalue weighted by molar-refractivity contribution is 6.82. The minimum atomic E-state index is 0.218. The first-order valence-electron chi connectivity index (χ1n) is 17.0. The Labute approximate surface area is 250 Å². The van der Waals surface area contributed by atoms with Crippen molar-refractivity contribution in [2.45, 2.75) is 87.6 Å². The van der Waals surface area contributed by atoms with E-state index in [1.165, 1.54) is 85.3 Å². The molecule has 42 heavy (non-hydrogen) atoms. The standard InChI is InChI=1S/C35H42BN5O/c1-2-10-21(11-3-1)23-12-4-6-14-25(23)36-33-32-30-22(19-38-33)18-37-20-28(30)40-27-16-8-7-15-26(27)39-35(40)41(32)31-24-13-5-9-17-29(24)42-34(31)36/h1-4,6,10-12,14,22,24,26-30,32-33,37-38H,5,7-9,13,15-20H2. The first-order chi connectivity index (χ1) is 20.9. The maximum Gasteiger partial charge on any atom is 0.277 e. The number of piperidine rings is 2. The monoisotopic (exact) mass is 559 g/mol. The average molecular weight is 560 g/mol. The van der Waals surface area contributed by atoms with E-state index in [2.05, 4.69) is 75.0 Å². The number of rotatable bonds is 2. The Morgan fingerprint density at radius 1 is 0.833 bits per heavy atom. The molecule has 7 heteroatoms. The maximum atomic E-state index is 7.24. The van der Waals surface area contributed by atoms with Crippen LogP contribution in [0.15, 0.2) is 70.9 Å². The second kappa shape index (κ2) is 9.37. The number of benzene rings is 2. The molecule has 9 unspecified atom stereocenters. The second-order valence-corrected chi connectivity index (χ2v) is 14.3. The third-order valence-electron chi connectivity index (χ3n) is 12.4. The summed E-state index contributed by atoms with van der Waals surface area (Å²) >= 11 is 0. The molecule has 10 rings (SSSR count). The number of aliphatic imine (C=N–C) groups is 1. The molecule has 2 aromatic rings. The van der Waals surface area contributed by atoms with Gasteiger partial charge in [0.15, 0.2) is 0 Å². The summed E-state index contributed by atoms with van der Waals surface area (Å²) in [5, 5.41) is 8.09. The van der Waals surface area contributed by atoms with Gasteiger partial charge in [0.25, 0.3) is 6.71 Å². The zero-order chi connectivity index (χ0) is 27.4. The van der Waals surface area contributed by atoms with Crippen molar-refractivity contribution in [3.63, 3.8) is 0 Å². The smallest absolute Gasteiger partial charge is 0.277 e. The largest absolute Gasteiger partial charge is 0.502 e. The number of nitrogens with zero attached hydrogens (tertiary/aromatic N) is 3. The normalized spacial score (nSPS) is 39.5. The minimum absolute atomic E-state index is 0.218. The van der Waals surface area contributed by atoms with Gasteiger partial charge in [0.2, 0.25) is 5.96 Å². The van der Waals surface area contributed by atoms with E-state index in [4.69, 9.17) is 9.73 Å². The van der Waals surface area contributed by atoms with Crippen LogP contribution in [0, 0.1) is 17.8 Å². The molecule has 6 nitrogen and oxygen atoms in total. The minimum Gasteiger partial charge on any atom is -0.502 e. The van der Waals surface area contributed by atoms with Crippen molar-refractivity contribution in [2.24, 2.45) is 22.7 Å². The van der Waals surface area contributed by atoms with Crippen molar-refractivity contribution in [2.75, 3.05) is 19.6 Å². The van der Waals surface area contributed by atoms with Gasteiger partial charge in [0, 0.05) is 30.4 Å². The van der Waals surface area contributed by atoms with Crippen LogP contribution in [-0.2, 0) is 4.74 Å². The van der Waals surface area contributed by atoms with Crippen molar-refractivity contribution in [1.82, 2.24) is 20.4 Å². The molecular weight excluding hydrogens is 517 g/mol. The lowest BCUT2D eigenvalue weighted by atomic mass is 9.33. The highest BCUT2D eigenvalue weighted by Crippen LogP contribution is 2.54. The lowest BCUT2D eigenvalue weighted by Gasteiger charge is -2.63. The quantitative estimate of drug-likeness (QED) is 0.549. The summed E-state index contributed by atoms with van der Waals surface area (Å²) in [6.45, 7) is 3.52. The van der Waals surface area contributed by atoms with Gasteiger partial charge in [-0.15, -0.1) is 0 Å². The predicted octanol–water partition coefficient (Wildman–Crippen LogP) is 3.79. The Morgan fingerprint density at radius 3 is 2.62 bits per heavy atom. The Bertz CT molecular complexity index is 1460. The molecule has 2 saturated carbocycles. The van der Waals surface area contributed by atoms with Crippen LogP contribution in [-0.4, -0.2) is 78.3 Å². The average Bonchev–Trinajstić information content (AvgIpc) is 3.63. The van der Waals surface area contributed by atoms with Crippen LogP contribution < -0.4 is 16.1 Å². The van der Waals surface area contributed by atoms with Gasteiger partial charge in [0.1, 0.15) is 6.10 Å². The van der Waals surface area contributed by atoms with Crippen LogP contribution in [0.5, 0.6) is 0 Å². The summed E-state index contributed by atoms with van der Waals surface area (Å²) in [5.74, 6) is 3.40. The SMILES string of the molecule is c1ccc(-c2ccccc2B2C3=C(C4CCCCC4O3)N3C4=NC5CCCCC5N4C4CNCC5CNC2C3C54)cc1. The molecule has 8 aliphatic rings. The fourth-order valence-electron chi connectivity index (χ4n) is 10.8. The van der Waals surface area contributed by atoms with Crippen molar-refractivity contribution in [1.29, 1.82) is 0 Å². The Morgan fingerprint density at radius 2 is 1.67 bits per heavy atom. The fraction of sp³-hybridized carbons (Fsp3) is 0.571. The van der Waals surface area contributed by atoms with Gasteiger partial charge in [0.05, 0.1) is 29.5 Å². The summed E-state index contributed by atoms with van der Waals surface area (Å²) in [6, 6.07) is 22.3.